The molecule has 0 saturated heterocycles. The minimum absolute atomic E-state index is 0.125. The number of esters is 3. The molecule has 0 aromatic carbocycles. The van der Waals surface area contributed by atoms with E-state index in [1.807, 2.05) is 0 Å². The van der Waals surface area contributed by atoms with Crippen molar-refractivity contribution in [1.29, 1.82) is 0 Å². The highest BCUT2D eigenvalue weighted by Crippen LogP contribution is 2.11. The summed E-state index contributed by atoms with van der Waals surface area (Å²) in [4.78, 5) is 38.0. The van der Waals surface area contributed by atoms with Gasteiger partial charge in [0.2, 0.25) is 0 Å². The zero-order valence-electron chi connectivity index (χ0n) is 41.7. The van der Waals surface area contributed by atoms with Crippen LogP contribution in [0.5, 0.6) is 0 Å². The summed E-state index contributed by atoms with van der Waals surface area (Å²) in [6.07, 6.45) is 71.9. The lowest BCUT2D eigenvalue weighted by Crippen LogP contribution is -2.30. The Bertz CT molecular complexity index is 1400. The lowest BCUT2D eigenvalue weighted by atomic mass is 10.1. The number of carbonyl (C=O) groups is 3. The second kappa shape index (κ2) is 52.4. The van der Waals surface area contributed by atoms with Gasteiger partial charge in [0.15, 0.2) is 6.10 Å². The molecule has 0 spiro atoms. The number of hydrogen-bond donors (Lipinski definition) is 0. The molecule has 0 radical (unpaired) electrons. The highest BCUT2D eigenvalue weighted by atomic mass is 16.6. The van der Waals surface area contributed by atoms with Crippen molar-refractivity contribution in [2.75, 3.05) is 13.2 Å². The molecule has 0 aliphatic carbocycles. The summed E-state index contributed by atoms with van der Waals surface area (Å²) in [6, 6.07) is 0. The number of hydrogen-bond acceptors (Lipinski definition) is 6. The van der Waals surface area contributed by atoms with E-state index in [-0.39, 0.29) is 44.0 Å². The third-order valence-electron chi connectivity index (χ3n) is 10.4. The lowest BCUT2D eigenvalue weighted by Gasteiger charge is -2.18. The lowest BCUT2D eigenvalue weighted by molar-refractivity contribution is -0.167. The van der Waals surface area contributed by atoms with Gasteiger partial charge in [-0.05, 0) is 122 Å². The second-order valence-electron chi connectivity index (χ2n) is 16.7. The Balaban J connectivity index is 4.60. The van der Waals surface area contributed by atoms with Gasteiger partial charge in [-0.2, -0.15) is 0 Å². The van der Waals surface area contributed by atoms with Crippen LogP contribution in [0.25, 0.3) is 0 Å². The van der Waals surface area contributed by atoms with E-state index in [1.165, 1.54) is 64.2 Å². The first-order valence-electron chi connectivity index (χ1n) is 26.0. The Morgan fingerprint density at radius 3 is 1.05 bits per heavy atom. The summed E-state index contributed by atoms with van der Waals surface area (Å²) in [7, 11) is 0. The van der Waals surface area contributed by atoms with Crippen LogP contribution in [0.1, 0.15) is 213 Å². The van der Waals surface area contributed by atoms with Gasteiger partial charge in [-0.1, -0.05) is 194 Å². The monoisotopic (exact) mass is 899 g/mol. The summed E-state index contributed by atoms with van der Waals surface area (Å²) >= 11 is 0. The quantitative estimate of drug-likeness (QED) is 0.0262. The molecule has 6 nitrogen and oxygen atoms in total. The van der Waals surface area contributed by atoms with Crippen LogP contribution in [-0.4, -0.2) is 37.2 Å². The number of carbonyl (C=O) groups excluding carboxylic acids is 3. The van der Waals surface area contributed by atoms with Crippen molar-refractivity contribution in [2.45, 2.75) is 219 Å². The molecular weight excluding hydrogens is 805 g/mol. The predicted molar refractivity (Wildman–Crippen MR) is 279 cm³/mol. The highest BCUT2D eigenvalue weighted by Gasteiger charge is 2.19. The molecule has 0 rings (SSSR count). The fourth-order valence-corrected chi connectivity index (χ4v) is 6.52. The summed E-state index contributed by atoms with van der Waals surface area (Å²) < 4.78 is 16.7. The maximum Gasteiger partial charge on any atom is 0.306 e. The van der Waals surface area contributed by atoms with Gasteiger partial charge in [0.05, 0.1) is 0 Å². The van der Waals surface area contributed by atoms with E-state index in [4.69, 9.17) is 14.2 Å². The van der Waals surface area contributed by atoms with Crippen molar-refractivity contribution in [3.05, 3.63) is 122 Å². The Labute approximate surface area is 399 Å². The van der Waals surface area contributed by atoms with E-state index in [2.05, 4.69) is 142 Å². The molecule has 0 unspecified atom stereocenters. The van der Waals surface area contributed by atoms with Gasteiger partial charge < -0.3 is 14.2 Å². The van der Waals surface area contributed by atoms with Crippen molar-refractivity contribution in [3.8, 4) is 0 Å². The van der Waals surface area contributed by atoms with Crippen LogP contribution in [0.3, 0.4) is 0 Å². The average molecular weight is 899 g/mol. The molecule has 0 heterocycles. The molecule has 0 N–H and O–H groups in total. The second-order valence-corrected chi connectivity index (χ2v) is 16.7. The Morgan fingerprint density at radius 1 is 0.323 bits per heavy atom. The van der Waals surface area contributed by atoms with E-state index in [0.29, 0.717) is 19.3 Å². The number of allylic oxidation sites excluding steroid dienone is 20. The summed E-state index contributed by atoms with van der Waals surface area (Å²) in [5, 5.41) is 0. The van der Waals surface area contributed by atoms with Crippen LogP contribution >= 0.6 is 0 Å². The minimum Gasteiger partial charge on any atom is -0.462 e. The largest absolute Gasteiger partial charge is 0.462 e. The molecule has 0 bridgehead atoms. The van der Waals surface area contributed by atoms with Gasteiger partial charge in [-0.15, -0.1) is 0 Å². The fraction of sp³-hybridized carbons (Fsp3) is 0.610. The van der Waals surface area contributed by atoms with Gasteiger partial charge in [-0.3, -0.25) is 14.4 Å². The molecule has 6 heteroatoms. The van der Waals surface area contributed by atoms with E-state index in [1.54, 1.807) is 0 Å². The first kappa shape index (κ1) is 60.8. The zero-order chi connectivity index (χ0) is 47.2. The smallest absolute Gasteiger partial charge is 0.306 e. The van der Waals surface area contributed by atoms with Gasteiger partial charge in [0.1, 0.15) is 13.2 Å². The number of rotatable bonds is 45. The molecule has 0 saturated carbocycles. The predicted octanol–water partition coefficient (Wildman–Crippen LogP) is 17.3. The molecular formula is C59H94O6. The van der Waals surface area contributed by atoms with Crippen LogP contribution in [0.15, 0.2) is 122 Å². The first-order chi connectivity index (χ1) is 32.0. The van der Waals surface area contributed by atoms with Crippen molar-refractivity contribution in [1.82, 2.24) is 0 Å². The normalized spacial score (nSPS) is 13.1. The van der Waals surface area contributed by atoms with E-state index in [9.17, 15) is 14.4 Å². The molecule has 0 aromatic rings. The Morgan fingerprint density at radius 2 is 0.615 bits per heavy atom. The van der Waals surface area contributed by atoms with Crippen LogP contribution < -0.4 is 0 Å². The van der Waals surface area contributed by atoms with Crippen molar-refractivity contribution in [2.24, 2.45) is 0 Å². The van der Waals surface area contributed by atoms with Crippen molar-refractivity contribution >= 4 is 17.9 Å². The molecule has 0 aliphatic rings. The van der Waals surface area contributed by atoms with Gasteiger partial charge in [-0.25, -0.2) is 0 Å². The molecule has 0 amide bonds. The standard InChI is InChI=1S/C59H94O6/c1-4-7-10-13-16-19-22-25-27-29-31-34-37-40-43-46-49-52-58(61)64-55-56(54-63-57(60)51-48-45-42-39-36-33-24-21-18-15-12-9-6-3)65-59(62)53-50-47-44-41-38-35-32-30-28-26-23-20-17-14-11-8-5-2/h7,10,16-17,19-21,24-28,31-32,34-35,40-41,43-44,56H,4-6,8-9,11-15,18,22-23,29-30,33,36-39,42,45-55H2,1-3H3/b10-7-,19-16-,20-17-,24-21-,27-25-,28-26-,34-31-,35-32-,43-40-,44-41-/t56-/m1/s1. The summed E-state index contributed by atoms with van der Waals surface area (Å²) in [5.74, 6) is -1.06. The van der Waals surface area contributed by atoms with Crippen LogP contribution in [0, 0.1) is 0 Å². The molecule has 0 aromatic heterocycles. The Kier molecular flexibility index (Phi) is 49.1. The summed E-state index contributed by atoms with van der Waals surface area (Å²) in [6.45, 7) is 6.36. The third kappa shape index (κ3) is 50.7. The molecule has 366 valence electrons. The SMILES string of the molecule is CC/C=C\C/C=C\C/C=C\C/C=C\C/C=C\CCCC(=O)OC[C@@H](COC(=O)CCCCCCC/C=C\CCCCCC)OC(=O)CCC/C=C\C/C=C\C/C=C\C/C=C\CCCCC. The maximum atomic E-state index is 12.8. The number of unbranched alkanes of at least 4 members (excludes halogenated alkanes) is 14. The average Bonchev–Trinajstić information content (AvgIpc) is 3.30. The maximum absolute atomic E-state index is 12.8. The summed E-state index contributed by atoms with van der Waals surface area (Å²) in [5.41, 5.74) is 0. The Hall–Kier alpha value is -4.19. The third-order valence-corrected chi connectivity index (χ3v) is 10.4. The van der Waals surface area contributed by atoms with E-state index >= 15 is 0 Å². The first-order valence-corrected chi connectivity index (χ1v) is 26.0. The topological polar surface area (TPSA) is 78.9 Å². The van der Waals surface area contributed by atoms with Crippen LogP contribution in [0.4, 0.5) is 0 Å². The van der Waals surface area contributed by atoms with Gasteiger partial charge in [0.25, 0.3) is 0 Å². The fourth-order valence-electron chi connectivity index (χ4n) is 6.52. The molecule has 1 atom stereocenters. The van der Waals surface area contributed by atoms with Crippen LogP contribution in [-0.2, 0) is 28.6 Å². The molecule has 0 aliphatic heterocycles. The highest BCUT2D eigenvalue weighted by molar-refractivity contribution is 5.71. The van der Waals surface area contributed by atoms with E-state index in [0.717, 1.165) is 96.3 Å². The molecule has 65 heavy (non-hydrogen) atoms. The minimum atomic E-state index is -0.836. The van der Waals surface area contributed by atoms with Crippen molar-refractivity contribution < 1.29 is 28.6 Å². The van der Waals surface area contributed by atoms with Gasteiger partial charge in [0, 0.05) is 19.3 Å². The van der Waals surface area contributed by atoms with Crippen molar-refractivity contribution in [3.63, 3.8) is 0 Å². The van der Waals surface area contributed by atoms with Gasteiger partial charge >= 0.3 is 17.9 Å². The zero-order valence-corrected chi connectivity index (χ0v) is 41.7. The van der Waals surface area contributed by atoms with Crippen LogP contribution in [0.2, 0.25) is 0 Å². The van der Waals surface area contributed by atoms with E-state index < -0.39 is 6.10 Å². The molecule has 0 fully saturated rings. The number of ether oxygens (including phenoxy) is 3.